The van der Waals surface area contributed by atoms with Gasteiger partial charge in [0.1, 0.15) is 0 Å². The Balaban J connectivity index is 2.50. The van der Waals surface area contributed by atoms with Gasteiger partial charge < -0.3 is 15.4 Å². The summed E-state index contributed by atoms with van der Waals surface area (Å²) >= 11 is 0. The van der Waals surface area contributed by atoms with E-state index in [0.717, 1.165) is 0 Å². The molecule has 0 bridgehead atoms. The fraction of sp³-hybridized carbons (Fsp3) is 0.421. The van der Waals surface area contributed by atoms with Crippen LogP contribution in [-0.2, 0) is 14.3 Å². The summed E-state index contributed by atoms with van der Waals surface area (Å²) in [5, 5.41) is 5.57. The third kappa shape index (κ3) is 4.22. The Morgan fingerprint density at radius 3 is 2.62 bits per heavy atom. The molecule has 1 unspecified atom stereocenters. The fourth-order valence-corrected chi connectivity index (χ4v) is 2.95. The number of anilines is 1. The van der Waals surface area contributed by atoms with Crippen LogP contribution in [0.1, 0.15) is 46.2 Å². The second kappa shape index (κ2) is 8.03. The Kier molecular flexibility index (Phi) is 6.02. The first kappa shape index (κ1) is 19.5. The summed E-state index contributed by atoms with van der Waals surface area (Å²) in [5.41, 5.74) is 2.24. The molecule has 1 aromatic carbocycles. The molecular weight excluding hydrogens is 334 g/mol. The molecule has 0 aliphatic carbocycles. The van der Waals surface area contributed by atoms with E-state index in [2.05, 4.69) is 10.6 Å². The van der Waals surface area contributed by atoms with Gasteiger partial charge in [0, 0.05) is 24.9 Å². The molecule has 0 saturated heterocycles. The van der Waals surface area contributed by atoms with Crippen LogP contribution in [0.25, 0.3) is 0 Å². The van der Waals surface area contributed by atoms with Crippen LogP contribution >= 0.6 is 0 Å². The Labute approximate surface area is 153 Å². The van der Waals surface area contributed by atoms with Gasteiger partial charge in [-0.05, 0) is 45.4 Å². The number of esters is 1. The van der Waals surface area contributed by atoms with Gasteiger partial charge >= 0.3 is 12.0 Å². The quantitative estimate of drug-likeness (QED) is 0.791. The lowest BCUT2D eigenvalue weighted by atomic mass is 9.94. The lowest BCUT2D eigenvalue weighted by Gasteiger charge is -2.35. The van der Waals surface area contributed by atoms with Gasteiger partial charge in [-0.1, -0.05) is 12.1 Å². The highest BCUT2D eigenvalue weighted by molar-refractivity contribution is 5.95. The number of hydrogen-bond acceptors (Lipinski definition) is 4. The average Bonchev–Trinajstić information content (AvgIpc) is 2.53. The molecule has 1 aliphatic rings. The molecule has 2 N–H and O–H groups in total. The van der Waals surface area contributed by atoms with Crippen LogP contribution < -0.4 is 10.6 Å². The smallest absolute Gasteiger partial charge is 0.338 e. The number of nitrogens with one attached hydrogen (secondary N) is 2. The van der Waals surface area contributed by atoms with E-state index in [1.165, 1.54) is 11.8 Å². The van der Waals surface area contributed by atoms with Gasteiger partial charge in [0.15, 0.2) is 0 Å². The molecule has 1 atom stereocenters. The molecule has 1 aromatic rings. The molecule has 0 spiro atoms. The molecule has 7 heteroatoms. The van der Waals surface area contributed by atoms with Gasteiger partial charge in [-0.15, -0.1) is 0 Å². The Hall–Kier alpha value is -2.83. The minimum Gasteiger partial charge on any atom is -0.459 e. The summed E-state index contributed by atoms with van der Waals surface area (Å²) in [5.74, 6) is -0.663. The predicted octanol–water partition coefficient (Wildman–Crippen LogP) is 2.96. The number of benzene rings is 1. The molecule has 0 radical (unpaired) electrons. The second-order valence-electron chi connectivity index (χ2n) is 6.39. The normalized spacial score (nSPS) is 17.2. The van der Waals surface area contributed by atoms with Crippen molar-refractivity contribution in [3.05, 3.63) is 41.1 Å². The molecule has 26 heavy (non-hydrogen) atoms. The molecular formula is C19H25N3O4. The van der Waals surface area contributed by atoms with Crippen molar-refractivity contribution in [2.24, 2.45) is 0 Å². The SMILES string of the molecule is CCN1C(=O)NC(c2cccc(NC(C)=O)c2)C(C(=O)OC(C)C)=C1C. The highest BCUT2D eigenvalue weighted by atomic mass is 16.5. The van der Waals surface area contributed by atoms with Crippen LogP contribution in [0.3, 0.4) is 0 Å². The summed E-state index contributed by atoms with van der Waals surface area (Å²) in [6, 6.07) is 6.12. The van der Waals surface area contributed by atoms with Crippen LogP contribution in [0, 0.1) is 0 Å². The van der Waals surface area contributed by atoms with Gasteiger partial charge in [-0.3, -0.25) is 9.69 Å². The van der Waals surface area contributed by atoms with Crippen molar-refractivity contribution in [2.45, 2.75) is 46.8 Å². The van der Waals surface area contributed by atoms with Crippen LogP contribution in [0.15, 0.2) is 35.5 Å². The zero-order valence-corrected chi connectivity index (χ0v) is 15.8. The largest absolute Gasteiger partial charge is 0.459 e. The van der Waals surface area contributed by atoms with E-state index in [1.807, 2.05) is 6.92 Å². The zero-order valence-electron chi connectivity index (χ0n) is 15.8. The van der Waals surface area contributed by atoms with Gasteiger partial charge in [0.25, 0.3) is 0 Å². The minimum absolute atomic E-state index is 0.196. The minimum atomic E-state index is -0.648. The first-order chi connectivity index (χ1) is 12.2. The first-order valence-electron chi connectivity index (χ1n) is 8.61. The molecule has 3 amide bonds. The van der Waals surface area contributed by atoms with Crippen molar-refractivity contribution < 1.29 is 19.1 Å². The third-order valence-corrected chi connectivity index (χ3v) is 4.02. The van der Waals surface area contributed by atoms with Crippen molar-refractivity contribution in [3.8, 4) is 0 Å². The summed E-state index contributed by atoms with van der Waals surface area (Å²) in [6.07, 6.45) is -0.276. The van der Waals surface area contributed by atoms with E-state index in [9.17, 15) is 14.4 Å². The van der Waals surface area contributed by atoms with E-state index in [0.29, 0.717) is 29.1 Å². The summed E-state index contributed by atoms with van der Waals surface area (Å²) < 4.78 is 5.39. The number of nitrogens with zero attached hydrogens (tertiary/aromatic N) is 1. The lowest BCUT2D eigenvalue weighted by Crippen LogP contribution is -2.48. The number of allylic oxidation sites excluding steroid dienone is 1. The maximum absolute atomic E-state index is 12.7. The second-order valence-corrected chi connectivity index (χ2v) is 6.39. The molecule has 0 aromatic heterocycles. The van der Waals surface area contributed by atoms with Gasteiger partial charge in [0.2, 0.25) is 5.91 Å². The standard InChI is InChI=1S/C19H25N3O4/c1-6-22-12(4)16(18(24)26-11(2)3)17(21-19(22)25)14-8-7-9-15(10-14)20-13(5)23/h7-11,17H,6H2,1-5H3,(H,20,23)(H,21,25). The van der Waals surface area contributed by atoms with Crippen molar-refractivity contribution in [3.63, 3.8) is 0 Å². The van der Waals surface area contributed by atoms with Crippen molar-refractivity contribution in [1.82, 2.24) is 10.2 Å². The molecule has 1 heterocycles. The van der Waals surface area contributed by atoms with E-state index >= 15 is 0 Å². The predicted molar refractivity (Wildman–Crippen MR) is 98.3 cm³/mol. The molecule has 1 aliphatic heterocycles. The summed E-state index contributed by atoms with van der Waals surface area (Å²) in [6.45, 7) is 8.99. The number of amides is 3. The highest BCUT2D eigenvalue weighted by Crippen LogP contribution is 2.32. The maximum Gasteiger partial charge on any atom is 0.338 e. The molecule has 140 valence electrons. The Bertz CT molecular complexity index is 755. The summed E-state index contributed by atoms with van der Waals surface area (Å²) in [7, 11) is 0. The van der Waals surface area contributed by atoms with Crippen LogP contribution in [0.4, 0.5) is 10.5 Å². The number of carbonyl (C=O) groups is 3. The van der Waals surface area contributed by atoms with E-state index < -0.39 is 12.0 Å². The number of hydrogen-bond donors (Lipinski definition) is 2. The van der Waals surface area contributed by atoms with Crippen molar-refractivity contribution in [1.29, 1.82) is 0 Å². The van der Waals surface area contributed by atoms with Crippen LogP contribution in [-0.4, -0.2) is 35.5 Å². The van der Waals surface area contributed by atoms with Gasteiger partial charge in [-0.25, -0.2) is 9.59 Å². The van der Waals surface area contributed by atoms with E-state index in [-0.39, 0.29) is 18.0 Å². The number of rotatable bonds is 5. The molecule has 0 fully saturated rings. The van der Waals surface area contributed by atoms with Gasteiger partial charge in [0.05, 0.1) is 17.7 Å². The average molecular weight is 359 g/mol. The zero-order chi connectivity index (χ0) is 19.4. The lowest BCUT2D eigenvalue weighted by molar-refractivity contribution is -0.143. The Morgan fingerprint density at radius 1 is 1.35 bits per heavy atom. The molecule has 7 nitrogen and oxygen atoms in total. The third-order valence-electron chi connectivity index (χ3n) is 4.02. The van der Waals surface area contributed by atoms with Crippen molar-refractivity contribution >= 4 is 23.6 Å². The monoisotopic (exact) mass is 359 g/mol. The number of carbonyl (C=O) groups excluding carboxylic acids is 3. The number of ether oxygens (including phenoxy) is 1. The summed E-state index contributed by atoms with van der Waals surface area (Å²) in [4.78, 5) is 38.0. The Morgan fingerprint density at radius 2 is 2.04 bits per heavy atom. The van der Waals surface area contributed by atoms with Crippen LogP contribution in [0.2, 0.25) is 0 Å². The first-order valence-corrected chi connectivity index (χ1v) is 8.61. The van der Waals surface area contributed by atoms with Crippen LogP contribution in [0.5, 0.6) is 0 Å². The maximum atomic E-state index is 12.7. The number of urea groups is 1. The molecule has 2 rings (SSSR count). The molecule has 0 saturated carbocycles. The van der Waals surface area contributed by atoms with E-state index in [1.54, 1.807) is 45.0 Å². The van der Waals surface area contributed by atoms with Gasteiger partial charge in [-0.2, -0.15) is 0 Å². The van der Waals surface area contributed by atoms with Crippen molar-refractivity contribution in [2.75, 3.05) is 11.9 Å². The fourth-order valence-electron chi connectivity index (χ4n) is 2.95. The highest BCUT2D eigenvalue weighted by Gasteiger charge is 2.36. The van der Waals surface area contributed by atoms with E-state index in [4.69, 9.17) is 4.74 Å². The topological polar surface area (TPSA) is 87.7 Å².